The summed E-state index contributed by atoms with van der Waals surface area (Å²) >= 11 is 0. The van der Waals surface area contributed by atoms with Gasteiger partial charge in [0, 0.05) is 23.2 Å². The first-order valence-electron chi connectivity index (χ1n) is 11.2. The average Bonchev–Trinajstić information content (AvgIpc) is 3.34. The first-order chi connectivity index (χ1) is 17.2. The predicted molar refractivity (Wildman–Crippen MR) is 139 cm³/mol. The number of hydrogen-bond acceptors (Lipinski definition) is 6. The summed E-state index contributed by atoms with van der Waals surface area (Å²) in [4.78, 5) is 29.4. The summed E-state index contributed by atoms with van der Waals surface area (Å²) in [5, 5.41) is 11.5. The van der Waals surface area contributed by atoms with Gasteiger partial charge >= 0.3 is 5.97 Å². The lowest BCUT2D eigenvalue weighted by Crippen LogP contribution is -2.27. The number of aromatic amines is 1. The number of ether oxygens (including phenoxy) is 2. The van der Waals surface area contributed by atoms with Gasteiger partial charge in [0.1, 0.15) is 0 Å². The summed E-state index contributed by atoms with van der Waals surface area (Å²) in [6.45, 7) is 4.73. The molecule has 0 bridgehead atoms. The van der Waals surface area contributed by atoms with E-state index in [0.717, 1.165) is 16.8 Å². The van der Waals surface area contributed by atoms with Crippen LogP contribution in [0.5, 0.6) is 11.5 Å². The Kier molecular flexibility index (Phi) is 8.29. The number of benzene rings is 3. The van der Waals surface area contributed by atoms with Gasteiger partial charge in [-0.1, -0.05) is 38.1 Å². The van der Waals surface area contributed by atoms with Crippen LogP contribution >= 0.6 is 0 Å². The topological polar surface area (TPSA) is 140 Å². The molecular formula is C27H30N4O5. The summed E-state index contributed by atoms with van der Waals surface area (Å²) in [6, 6.07) is 20.0. The molecule has 0 aliphatic heterocycles. The highest BCUT2D eigenvalue weighted by molar-refractivity contribution is 6.04. The number of H-pyrrole nitrogens is 1. The molecule has 0 aliphatic rings. The molecule has 1 heterocycles. The Morgan fingerprint density at radius 1 is 1.00 bits per heavy atom. The van der Waals surface area contributed by atoms with E-state index in [-0.39, 0.29) is 17.1 Å². The molecular weight excluding hydrogens is 460 g/mol. The second-order valence-electron chi connectivity index (χ2n) is 8.60. The van der Waals surface area contributed by atoms with E-state index in [1.54, 1.807) is 37.4 Å². The zero-order valence-electron chi connectivity index (χ0n) is 20.7. The smallest absolute Gasteiger partial charge is 0.371 e. The Balaban J connectivity index is 0.000000249. The highest BCUT2D eigenvalue weighted by Gasteiger charge is 2.18. The molecule has 9 heteroatoms. The average molecular weight is 491 g/mol. The van der Waals surface area contributed by atoms with Crippen LogP contribution in [0.3, 0.4) is 0 Å². The molecule has 0 saturated carbocycles. The molecule has 188 valence electrons. The second-order valence-corrected chi connectivity index (χ2v) is 8.60. The minimum Gasteiger partial charge on any atom is -0.493 e. The number of anilines is 1. The number of nitrogens with two attached hydrogens (primary N) is 1. The van der Waals surface area contributed by atoms with Crippen molar-refractivity contribution < 1.29 is 24.2 Å². The zero-order valence-corrected chi connectivity index (χ0v) is 20.7. The lowest BCUT2D eigenvalue weighted by atomic mass is 9.85. The molecule has 0 radical (unpaired) electrons. The van der Waals surface area contributed by atoms with Crippen LogP contribution in [0.1, 0.15) is 40.4 Å². The monoisotopic (exact) mass is 490 g/mol. The van der Waals surface area contributed by atoms with Crippen LogP contribution in [-0.4, -0.2) is 47.7 Å². The number of carbonyl (C=O) groups is 2. The van der Waals surface area contributed by atoms with Gasteiger partial charge in [0.2, 0.25) is 5.82 Å². The van der Waals surface area contributed by atoms with E-state index < -0.39 is 5.97 Å². The van der Waals surface area contributed by atoms with Crippen LogP contribution in [0.4, 0.5) is 5.69 Å². The van der Waals surface area contributed by atoms with Crippen LogP contribution < -0.4 is 20.5 Å². The molecule has 3 aromatic carbocycles. The summed E-state index contributed by atoms with van der Waals surface area (Å²) in [5.74, 6) is -0.156. The standard InChI is InChI=1S/C19H24N2O3.C8H6N2O2/c1-19(2,12-20)14-6-8-15(9-7-14)21-18(22)13-5-10-16(23-3)17(11-13)24-4;11-8(12)7-9-5-3-1-2-4-6(5)10-7/h5-11H,12,20H2,1-4H3,(H,21,22);1-4H,(H,9,10)(H,11,12). The minimum atomic E-state index is -1.04. The molecule has 0 fully saturated rings. The van der Waals surface area contributed by atoms with Crippen molar-refractivity contribution in [2.45, 2.75) is 19.3 Å². The number of carbonyl (C=O) groups excluding carboxylic acids is 1. The number of carboxylic acids is 1. The number of nitrogens with zero attached hydrogens (tertiary/aromatic N) is 1. The van der Waals surface area contributed by atoms with Gasteiger partial charge in [-0.05, 0) is 48.0 Å². The Bertz CT molecular complexity index is 1310. The van der Waals surface area contributed by atoms with Gasteiger partial charge < -0.3 is 30.6 Å². The SMILES string of the molecule is COc1ccc(C(=O)Nc2ccc(C(C)(C)CN)cc2)cc1OC.O=C(O)c1nc2ccccc2[nH]1. The number of carboxylic acid groups (broad SMARTS) is 1. The van der Waals surface area contributed by atoms with Crippen molar-refractivity contribution in [3.63, 3.8) is 0 Å². The van der Waals surface area contributed by atoms with Crippen LogP contribution in [0.15, 0.2) is 66.7 Å². The van der Waals surface area contributed by atoms with Gasteiger partial charge in [-0.25, -0.2) is 9.78 Å². The molecule has 9 nitrogen and oxygen atoms in total. The molecule has 0 spiro atoms. The van der Waals surface area contributed by atoms with Crippen LogP contribution in [0.25, 0.3) is 11.0 Å². The normalized spacial score (nSPS) is 10.8. The second kappa shape index (κ2) is 11.4. The molecule has 0 unspecified atom stereocenters. The van der Waals surface area contributed by atoms with Gasteiger partial charge in [0.05, 0.1) is 25.3 Å². The van der Waals surface area contributed by atoms with Crippen molar-refractivity contribution in [3.05, 3.63) is 83.7 Å². The summed E-state index contributed by atoms with van der Waals surface area (Å²) in [6.07, 6.45) is 0. The number of hydrogen-bond donors (Lipinski definition) is 4. The molecule has 5 N–H and O–H groups in total. The lowest BCUT2D eigenvalue weighted by molar-refractivity contribution is 0.0685. The van der Waals surface area contributed by atoms with Gasteiger partial charge in [-0.15, -0.1) is 0 Å². The Hall–Kier alpha value is -4.37. The number of rotatable bonds is 7. The fraction of sp³-hybridized carbons (Fsp3) is 0.222. The van der Waals surface area contributed by atoms with Crippen LogP contribution in [0.2, 0.25) is 0 Å². The first kappa shape index (κ1) is 26.2. The third-order valence-corrected chi connectivity index (χ3v) is 5.67. The number of aromatic nitrogens is 2. The minimum absolute atomic E-state index is 0.0174. The van der Waals surface area contributed by atoms with E-state index in [1.807, 2.05) is 36.4 Å². The van der Waals surface area contributed by atoms with E-state index in [4.69, 9.17) is 20.3 Å². The Morgan fingerprint density at radius 2 is 1.67 bits per heavy atom. The molecule has 36 heavy (non-hydrogen) atoms. The number of fused-ring (bicyclic) bond motifs is 1. The van der Waals surface area contributed by atoms with Gasteiger partial charge in [-0.3, -0.25) is 4.79 Å². The van der Waals surface area contributed by atoms with Gasteiger partial charge in [0.15, 0.2) is 11.5 Å². The maximum Gasteiger partial charge on any atom is 0.371 e. The number of aromatic carboxylic acids is 1. The van der Waals surface area contributed by atoms with Crippen LogP contribution in [-0.2, 0) is 5.41 Å². The fourth-order valence-electron chi connectivity index (χ4n) is 3.36. The third-order valence-electron chi connectivity index (χ3n) is 5.67. The maximum absolute atomic E-state index is 12.4. The van der Waals surface area contributed by atoms with E-state index >= 15 is 0 Å². The van der Waals surface area contributed by atoms with Crippen molar-refractivity contribution in [2.24, 2.45) is 5.73 Å². The highest BCUT2D eigenvalue weighted by atomic mass is 16.5. The molecule has 0 aliphatic carbocycles. The largest absolute Gasteiger partial charge is 0.493 e. The van der Waals surface area contributed by atoms with E-state index in [0.29, 0.717) is 29.1 Å². The summed E-state index contributed by atoms with van der Waals surface area (Å²) < 4.78 is 10.4. The van der Waals surface area contributed by atoms with Gasteiger partial charge in [0.25, 0.3) is 5.91 Å². The molecule has 0 saturated heterocycles. The molecule has 4 rings (SSSR count). The van der Waals surface area contributed by atoms with E-state index in [9.17, 15) is 9.59 Å². The van der Waals surface area contributed by atoms with E-state index in [2.05, 4.69) is 29.1 Å². The van der Waals surface area contributed by atoms with Crippen molar-refractivity contribution >= 4 is 28.6 Å². The lowest BCUT2D eigenvalue weighted by Gasteiger charge is -2.23. The predicted octanol–water partition coefficient (Wildman–Crippen LogP) is 4.45. The quantitative estimate of drug-likeness (QED) is 0.300. The van der Waals surface area contributed by atoms with Crippen LogP contribution in [0, 0.1) is 0 Å². The number of nitrogens with one attached hydrogen (secondary N) is 2. The van der Waals surface area contributed by atoms with Crippen molar-refractivity contribution in [2.75, 3.05) is 26.1 Å². The summed E-state index contributed by atoms with van der Waals surface area (Å²) in [5.41, 5.74) is 9.48. The number of amides is 1. The van der Waals surface area contributed by atoms with Crippen molar-refractivity contribution in [1.82, 2.24) is 9.97 Å². The molecule has 0 atom stereocenters. The van der Waals surface area contributed by atoms with Crippen molar-refractivity contribution in [1.29, 1.82) is 0 Å². The zero-order chi connectivity index (χ0) is 26.3. The van der Waals surface area contributed by atoms with Gasteiger partial charge in [-0.2, -0.15) is 0 Å². The molecule has 4 aromatic rings. The van der Waals surface area contributed by atoms with E-state index in [1.165, 1.54) is 7.11 Å². The fourth-order valence-corrected chi connectivity index (χ4v) is 3.36. The third kappa shape index (κ3) is 6.19. The Labute approximate surface area is 209 Å². The van der Waals surface area contributed by atoms with Crippen molar-refractivity contribution in [3.8, 4) is 11.5 Å². The molecule has 1 amide bonds. The maximum atomic E-state index is 12.4. The Morgan fingerprint density at radius 3 is 2.25 bits per heavy atom. The summed E-state index contributed by atoms with van der Waals surface area (Å²) in [7, 11) is 3.10. The molecule has 1 aromatic heterocycles. The highest BCUT2D eigenvalue weighted by Crippen LogP contribution is 2.28. The number of methoxy groups -OCH3 is 2. The first-order valence-corrected chi connectivity index (χ1v) is 11.2. The number of imidazole rings is 1. The number of para-hydroxylation sites is 2.